The topological polar surface area (TPSA) is 37.3 Å². The van der Waals surface area contributed by atoms with Crippen molar-refractivity contribution < 1.29 is 9.90 Å². The lowest BCUT2D eigenvalue weighted by molar-refractivity contribution is 0.108. The molecule has 0 bridgehead atoms. The molecular weight excluding hydrogens is 211 g/mol. The minimum Gasteiger partial charge on any atom is -0.508 e. The summed E-state index contributed by atoms with van der Waals surface area (Å²) in [6.45, 7) is 4.00. The van der Waals surface area contributed by atoms with E-state index in [1.165, 1.54) is 18.2 Å². The molecule has 0 saturated heterocycles. The van der Waals surface area contributed by atoms with E-state index in [2.05, 4.69) is 0 Å². The van der Waals surface area contributed by atoms with Crippen molar-refractivity contribution in [3.63, 3.8) is 0 Å². The largest absolute Gasteiger partial charge is 0.508 e. The lowest BCUT2D eigenvalue weighted by Crippen LogP contribution is -1.88. The number of hydrogen-bond donors (Lipinski definition) is 1. The first kappa shape index (κ1) is 12.3. The van der Waals surface area contributed by atoms with Crippen molar-refractivity contribution in [2.75, 3.05) is 0 Å². The van der Waals surface area contributed by atoms with Crippen LogP contribution < -0.4 is 0 Å². The van der Waals surface area contributed by atoms with Crippen LogP contribution in [0.5, 0.6) is 5.75 Å². The minimum atomic E-state index is -0.630. The molecule has 1 aromatic carbocycles. The number of phenols is 1. The van der Waals surface area contributed by atoms with Crippen molar-refractivity contribution in [2.24, 2.45) is 0 Å². The van der Waals surface area contributed by atoms with Crippen LogP contribution in [0.2, 0.25) is 5.02 Å². The summed E-state index contributed by atoms with van der Waals surface area (Å²) in [6.07, 6.45) is 0. The maximum atomic E-state index is 10.6. The number of carbonyl (C=O) groups excluding carboxylic acids is 1. The molecule has 1 rings (SSSR count). The van der Waals surface area contributed by atoms with E-state index < -0.39 is 5.24 Å². The Balaban J connectivity index is 0.000000671. The molecule has 0 spiro atoms. The van der Waals surface area contributed by atoms with Gasteiger partial charge in [-0.1, -0.05) is 25.4 Å². The number of hydrogen-bond acceptors (Lipinski definition) is 2. The van der Waals surface area contributed by atoms with E-state index in [1.807, 2.05) is 13.8 Å². The first-order valence-electron chi connectivity index (χ1n) is 3.79. The molecule has 72 valence electrons. The van der Waals surface area contributed by atoms with Crippen LogP contribution in [-0.2, 0) is 0 Å². The van der Waals surface area contributed by atoms with Gasteiger partial charge in [0, 0.05) is 0 Å². The van der Waals surface area contributed by atoms with E-state index in [4.69, 9.17) is 28.3 Å². The van der Waals surface area contributed by atoms with Crippen molar-refractivity contribution >= 4 is 28.4 Å². The second-order valence-corrected chi connectivity index (χ2v) is 2.69. The molecule has 0 aliphatic rings. The van der Waals surface area contributed by atoms with E-state index in [1.54, 1.807) is 0 Å². The Morgan fingerprint density at radius 1 is 1.38 bits per heavy atom. The third-order valence-corrected chi connectivity index (χ3v) is 1.68. The maximum Gasteiger partial charge on any atom is 0.253 e. The Hall–Kier alpha value is -0.730. The minimum absolute atomic E-state index is 0.0108. The molecule has 0 aliphatic heterocycles. The average molecular weight is 221 g/mol. The summed E-state index contributed by atoms with van der Waals surface area (Å²) in [6, 6.07) is 3.98. The molecule has 0 fully saturated rings. The van der Waals surface area contributed by atoms with E-state index in [9.17, 15) is 4.79 Å². The summed E-state index contributed by atoms with van der Waals surface area (Å²) < 4.78 is 0. The monoisotopic (exact) mass is 220 g/mol. The SMILES string of the molecule is CC.O=C(Cl)c1ccc(O)cc1Cl. The van der Waals surface area contributed by atoms with Crippen LogP contribution in [0.3, 0.4) is 0 Å². The van der Waals surface area contributed by atoms with Gasteiger partial charge in [-0.2, -0.15) is 0 Å². The number of aromatic hydroxyl groups is 1. The van der Waals surface area contributed by atoms with Crippen molar-refractivity contribution in [3.8, 4) is 5.75 Å². The van der Waals surface area contributed by atoms with Gasteiger partial charge in [0.25, 0.3) is 5.24 Å². The van der Waals surface area contributed by atoms with E-state index in [0.717, 1.165) is 0 Å². The maximum absolute atomic E-state index is 10.6. The number of rotatable bonds is 1. The zero-order valence-corrected chi connectivity index (χ0v) is 8.86. The number of phenolic OH excluding ortho intramolecular Hbond substituents is 1. The molecule has 0 atom stereocenters. The Kier molecular flexibility index (Phi) is 5.51. The van der Waals surface area contributed by atoms with Gasteiger partial charge in [-0.3, -0.25) is 4.79 Å². The summed E-state index contributed by atoms with van der Waals surface area (Å²) in [4.78, 5) is 10.6. The summed E-state index contributed by atoms with van der Waals surface area (Å²) >= 11 is 10.7. The summed E-state index contributed by atoms with van der Waals surface area (Å²) in [5.41, 5.74) is 0.200. The van der Waals surface area contributed by atoms with Crippen LogP contribution in [0.1, 0.15) is 24.2 Å². The third kappa shape index (κ3) is 3.66. The molecule has 13 heavy (non-hydrogen) atoms. The highest BCUT2D eigenvalue weighted by Gasteiger charge is 2.06. The molecule has 2 nitrogen and oxygen atoms in total. The third-order valence-electron chi connectivity index (χ3n) is 1.16. The van der Waals surface area contributed by atoms with Gasteiger partial charge in [0.15, 0.2) is 0 Å². The summed E-state index contributed by atoms with van der Waals surface area (Å²) in [7, 11) is 0. The van der Waals surface area contributed by atoms with Crippen molar-refractivity contribution in [2.45, 2.75) is 13.8 Å². The van der Waals surface area contributed by atoms with Gasteiger partial charge in [-0.15, -0.1) is 0 Å². The fourth-order valence-corrected chi connectivity index (χ4v) is 1.14. The number of benzene rings is 1. The van der Waals surface area contributed by atoms with Crippen LogP contribution in [0.4, 0.5) is 0 Å². The van der Waals surface area contributed by atoms with Crippen molar-refractivity contribution in [1.29, 1.82) is 0 Å². The Labute approximate surface area is 87.1 Å². The Morgan fingerprint density at radius 2 is 1.92 bits per heavy atom. The molecule has 0 aromatic heterocycles. The van der Waals surface area contributed by atoms with Crippen molar-refractivity contribution in [3.05, 3.63) is 28.8 Å². The van der Waals surface area contributed by atoms with Gasteiger partial charge in [0.1, 0.15) is 5.75 Å². The second-order valence-electron chi connectivity index (χ2n) is 1.94. The molecule has 0 aliphatic carbocycles. The fourth-order valence-electron chi connectivity index (χ4n) is 0.663. The first-order valence-corrected chi connectivity index (χ1v) is 4.55. The Bertz CT molecular complexity index is 298. The highest BCUT2D eigenvalue weighted by molar-refractivity contribution is 6.68. The zero-order valence-electron chi connectivity index (χ0n) is 7.34. The van der Waals surface area contributed by atoms with Gasteiger partial charge in [0.2, 0.25) is 0 Å². The van der Waals surface area contributed by atoms with E-state index in [0.29, 0.717) is 0 Å². The molecule has 0 radical (unpaired) electrons. The lowest BCUT2D eigenvalue weighted by atomic mass is 10.2. The first-order chi connectivity index (χ1) is 6.11. The van der Waals surface area contributed by atoms with Gasteiger partial charge in [-0.05, 0) is 29.8 Å². The zero-order chi connectivity index (χ0) is 10.4. The Morgan fingerprint density at radius 3 is 2.31 bits per heavy atom. The molecular formula is C9H10Cl2O2. The smallest absolute Gasteiger partial charge is 0.253 e. The molecule has 0 heterocycles. The van der Waals surface area contributed by atoms with Crippen molar-refractivity contribution in [1.82, 2.24) is 0 Å². The highest BCUT2D eigenvalue weighted by atomic mass is 35.5. The van der Waals surface area contributed by atoms with Gasteiger partial charge in [0.05, 0.1) is 10.6 Å². The van der Waals surface area contributed by atoms with E-state index >= 15 is 0 Å². The van der Waals surface area contributed by atoms with Crippen LogP contribution in [0.25, 0.3) is 0 Å². The molecule has 0 amide bonds. The predicted octanol–water partition coefficient (Wildman–Crippen LogP) is 3.45. The molecule has 4 heteroatoms. The number of halogens is 2. The highest BCUT2D eigenvalue weighted by Crippen LogP contribution is 2.22. The summed E-state index contributed by atoms with van der Waals surface area (Å²) in [5.74, 6) is 0.0108. The lowest BCUT2D eigenvalue weighted by Gasteiger charge is -1.97. The van der Waals surface area contributed by atoms with Gasteiger partial charge >= 0.3 is 0 Å². The van der Waals surface area contributed by atoms with E-state index in [-0.39, 0.29) is 16.3 Å². The van der Waals surface area contributed by atoms with Gasteiger partial charge < -0.3 is 5.11 Å². The van der Waals surface area contributed by atoms with Crippen LogP contribution >= 0.6 is 23.2 Å². The van der Waals surface area contributed by atoms with Crippen LogP contribution in [0.15, 0.2) is 18.2 Å². The molecule has 1 aromatic rings. The van der Waals surface area contributed by atoms with Crippen LogP contribution in [-0.4, -0.2) is 10.3 Å². The van der Waals surface area contributed by atoms with Crippen LogP contribution in [0, 0.1) is 0 Å². The molecule has 0 unspecified atom stereocenters. The normalized spacial score (nSPS) is 8.62. The van der Waals surface area contributed by atoms with Gasteiger partial charge in [-0.25, -0.2) is 0 Å². The predicted molar refractivity (Wildman–Crippen MR) is 54.6 cm³/mol. The molecule has 1 N–H and O–H groups in total. The fraction of sp³-hybridized carbons (Fsp3) is 0.222. The second kappa shape index (κ2) is 5.84. The quantitative estimate of drug-likeness (QED) is 0.737. The summed E-state index contributed by atoms with van der Waals surface area (Å²) in [5, 5.41) is 8.41. The molecule has 0 saturated carbocycles. The average Bonchev–Trinajstić information content (AvgIpc) is 2.07. The standard InChI is InChI=1S/C7H4Cl2O2.C2H6/c8-6-3-4(10)1-2-5(6)7(9)11;1-2/h1-3,10H;1-2H3. The number of carbonyl (C=O) groups is 1.